The van der Waals surface area contributed by atoms with Crippen LogP contribution in [0.4, 0.5) is 0 Å². The normalized spacial score (nSPS) is 11.8. The highest BCUT2D eigenvalue weighted by Crippen LogP contribution is 2.23. The number of carbonyl (C=O) groups is 2. The Morgan fingerprint density at radius 2 is 1.64 bits per heavy atom. The average Bonchev–Trinajstić information content (AvgIpc) is 3.21. The molecule has 7 nitrogen and oxygen atoms in total. The Morgan fingerprint density at radius 3 is 2.29 bits per heavy atom. The van der Waals surface area contributed by atoms with Crippen molar-refractivity contribution in [3.05, 3.63) is 72.1 Å². The quantitative estimate of drug-likeness (QED) is 0.659. The zero-order valence-corrected chi connectivity index (χ0v) is 15.8. The molecule has 7 heteroatoms. The van der Waals surface area contributed by atoms with Crippen LogP contribution in [0.2, 0.25) is 0 Å². The molecule has 0 spiro atoms. The number of hydrogen-bond donors (Lipinski definition) is 2. The van der Waals surface area contributed by atoms with E-state index in [-0.39, 0.29) is 24.3 Å². The van der Waals surface area contributed by atoms with Crippen molar-refractivity contribution in [2.75, 3.05) is 6.54 Å². The monoisotopic (exact) mass is 378 g/mol. The molecule has 2 aromatic carbocycles. The van der Waals surface area contributed by atoms with Crippen molar-refractivity contribution in [2.45, 2.75) is 19.9 Å². The summed E-state index contributed by atoms with van der Waals surface area (Å²) in [7, 11) is 0. The number of nitrogens with zero attached hydrogens (tertiary/aromatic N) is 2. The van der Waals surface area contributed by atoms with E-state index in [2.05, 4.69) is 20.8 Å². The second kappa shape index (κ2) is 8.94. The minimum atomic E-state index is -0.453. The van der Waals surface area contributed by atoms with Gasteiger partial charge in [0.25, 0.3) is 5.91 Å². The maximum absolute atomic E-state index is 12.3. The van der Waals surface area contributed by atoms with Gasteiger partial charge in [-0.05, 0) is 18.1 Å². The topological polar surface area (TPSA) is 97.1 Å². The minimum Gasteiger partial charge on any atom is -0.343 e. The van der Waals surface area contributed by atoms with Gasteiger partial charge in [-0.15, -0.1) is 0 Å². The van der Waals surface area contributed by atoms with Gasteiger partial charge in [0.05, 0.1) is 6.54 Å². The largest absolute Gasteiger partial charge is 0.343 e. The number of nitrogens with one attached hydrogen (secondary N) is 2. The molecule has 0 unspecified atom stereocenters. The van der Waals surface area contributed by atoms with Crippen LogP contribution in [-0.2, 0) is 4.79 Å². The highest BCUT2D eigenvalue weighted by Gasteiger charge is 2.25. The molecule has 0 aliphatic carbocycles. The van der Waals surface area contributed by atoms with Crippen molar-refractivity contribution < 1.29 is 14.1 Å². The van der Waals surface area contributed by atoms with Crippen molar-refractivity contribution in [3.8, 4) is 11.4 Å². The Morgan fingerprint density at radius 1 is 1.00 bits per heavy atom. The van der Waals surface area contributed by atoms with Crippen LogP contribution < -0.4 is 10.6 Å². The van der Waals surface area contributed by atoms with Crippen LogP contribution in [0.3, 0.4) is 0 Å². The average molecular weight is 378 g/mol. The Kier molecular flexibility index (Phi) is 6.16. The summed E-state index contributed by atoms with van der Waals surface area (Å²) in [5.74, 6) is 0.186. The third-order valence-electron chi connectivity index (χ3n) is 4.17. The summed E-state index contributed by atoms with van der Waals surface area (Å²) in [4.78, 5) is 28.8. The highest BCUT2D eigenvalue weighted by atomic mass is 16.5. The molecule has 2 amide bonds. The molecule has 0 aliphatic heterocycles. The Labute approximate surface area is 163 Å². The van der Waals surface area contributed by atoms with Gasteiger partial charge in [-0.1, -0.05) is 67.5 Å². The smallest absolute Gasteiger partial charge is 0.251 e. The predicted octanol–water partition coefficient (Wildman–Crippen LogP) is 2.98. The number of amides is 2. The van der Waals surface area contributed by atoms with Gasteiger partial charge in [0, 0.05) is 11.1 Å². The van der Waals surface area contributed by atoms with Crippen LogP contribution in [0.5, 0.6) is 0 Å². The molecule has 28 heavy (non-hydrogen) atoms. The van der Waals surface area contributed by atoms with Gasteiger partial charge < -0.3 is 15.2 Å². The minimum absolute atomic E-state index is 0.0258. The van der Waals surface area contributed by atoms with Crippen molar-refractivity contribution >= 4 is 11.8 Å². The fourth-order valence-electron chi connectivity index (χ4n) is 2.66. The first kappa shape index (κ1) is 19.3. The Hall–Kier alpha value is -3.48. The molecule has 3 aromatic rings. The number of carbonyl (C=O) groups excluding carboxylic acids is 2. The lowest BCUT2D eigenvalue weighted by atomic mass is 10.0. The van der Waals surface area contributed by atoms with Gasteiger partial charge in [-0.3, -0.25) is 9.59 Å². The molecule has 0 radical (unpaired) electrons. The molecule has 1 aromatic heterocycles. The second-order valence-electron chi connectivity index (χ2n) is 6.66. The van der Waals surface area contributed by atoms with Gasteiger partial charge in [-0.2, -0.15) is 4.98 Å². The molecular weight excluding hydrogens is 356 g/mol. The maximum Gasteiger partial charge on any atom is 0.251 e. The molecule has 0 aliphatic rings. The molecule has 144 valence electrons. The lowest BCUT2D eigenvalue weighted by molar-refractivity contribution is -0.121. The second-order valence-corrected chi connectivity index (χ2v) is 6.66. The van der Waals surface area contributed by atoms with Crippen LogP contribution in [0, 0.1) is 5.92 Å². The summed E-state index contributed by atoms with van der Waals surface area (Å²) >= 11 is 0. The molecule has 0 fully saturated rings. The molecular formula is C21H22N4O3. The zero-order chi connectivity index (χ0) is 19.9. The first-order valence-corrected chi connectivity index (χ1v) is 9.06. The van der Waals surface area contributed by atoms with Crippen molar-refractivity contribution in [2.24, 2.45) is 5.92 Å². The van der Waals surface area contributed by atoms with E-state index < -0.39 is 6.04 Å². The van der Waals surface area contributed by atoms with E-state index in [1.807, 2.05) is 50.2 Å². The molecule has 2 N–H and O–H groups in total. The first-order chi connectivity index (χ1) is 13.5. The lowest BCUT2D eigenvalue weighted by Gasteiger charge is -2.18. The Bertz CT molecular complexity index is 923. The van der Waals surface area contributed by atoms with Crippen LogP contribution in [0.1, 0.15) is 36.1 Å². The predicted molar refractivity (Wildman–Crippen MR) is 104 cm³/mol. The third kappa shape index (κ3) is 4.82. The van der Waals surface area contributed by atoms with Gasteiger partial charge in [0.15, 0.2) is 0 Å². The van der Waals surface area contributed by atoms with E-state index in [0.29, 0.717) is 17.3 Å². The number of benzene rings is 2. The molecule has 1 heterocycles. The molecule has 1 atom stereocenters. The molecule has 0 saturated carbocycles. The third-order valence-corrected chi connectivity index (χ3v) is 4.17. The van der Waals surface area contributed by atoms with Crippen LogP contribution in [0.25, 0.3) is 11.4 Å². The first-order valence-electron chi connectivity index (χ1n) is 9.06. The summed E-state index contributed by atoms with van der Waals surface area (Å²) in [5, 5.41) is 9.47. The summed E-state index contributed by atoms with van der Waals surface area (Å²) < 4.78 is 5.38. The molecule has 3 rings (SSSR count). The standard InChI is InChI=1S/C21H22N4O3/c1-14(2)18(21-24-19(25-28-21)15-9-5-3-6-10-15)23-17(26)13-22-20(27)16-11-7-4-8-12-16/h3-12,14,18H,13H2,1-2H3,(H,22,27)(H,23,26)/t18-/m0/s1. The van der Waals surface area contributed by atoms with Crippen molar-refractivity contribution in [1.82, 2.24) is 20.8 Å². The van der Waals surface area contributed by atoms with Crippen molar-refractivity contribution in [3.63, 3.8) is 0 Å². The maximum atomic E-state index is 12.3. The van der Waals surface area contributed by atoms with Crippen LogP contribution in [-0.4, -0.2) is 28.5 Å². The van der Waals surface area contributed by atoms with E-state index in [9.17, 15) is 9.59 Å². The van der Waals surface area contributed by atoms with Crippen LogP contribution >= 0.6 is 0 Å². The summed E-state index contributed by atoms with van der Waals surface area (Å²) in [6.07, 6.45) is 0. The van der Waals surface area contributed by atoms with E-state index >= 15 is 0 Å². The van der Waals surface area contributed by atoms with Gasteiger partial charge >= 0.3 is 0 Å². The fraction of sp³-hybridized carbons (Fsp3) is 0.238. The zero-order valence-electron chi connectivity index (χ0n) is 15.8. The number of hydrogen-bond acceptors (Lipinski definition) is 5. The lowest BCUT2D eigenvalue weighted by Crippen LogP contribution is -2.40. The summed E-state index contributed by atoms with van der Waals surface area (Å²) in [6, 6.07) is 17.7. The summed E-state index contributed by atoms with van der Waals surface area (Å²) in [5.41, 5.74) is 1.33. The van der Waals surface area contributed by atoms with Crippen molar-refractivity contribution in [1.29, 1.82) is 0 Å². The van der Waals surface area contributed by atoms with Crippen LogP contribution in [0.15, 0.2) is 65.2 Å². The van der Waals surface area contributed by atoms with E-state index in [1.54, 1.807) is 24.3 Å². The SMILES string of the molecule is CC(C)[C@H](NC(=O)CNC(=O)c1ccccc1)c1nc(-c2ccccc2)no1. The molecule has 0 saturated heterocycles. The van der Waals surface area contributed by atoms with E-state index in [0.717, 1.165) is 5.56 Å². The van der Waals surface area contributed by atoms with E-state index in [1.165, 1.54) is 0 Å². The van der Waals surface area contributed by atoms with E-state index in [4.69, 9.17) is 4.52 Å². The summed E-state index contributed by atoms with van der Waals surface area (Å²) in [6.45, 7) is 3.75. The number of rotatable bonds is 7. The van der Waals surface area contributed by atoms with Gasteiger partial charge in [0.1, 0.15) is 6.04 Å². The van der Waals surface area contributed by atoms with Gasteiger partial charge in [-0.25, -0.2) is 0 Å². The fourth-order valence-corrected chi connectivity index (χ4v) is 2.66. The molecule has 0 bridgehead atoms. The van der Waals surface area contributed by atoms with Gasteiger partial charge in [0.2, 0.25) is 17.6 Å². The number of aromatic nitrogens is 2. The highest BCUT2D eigenvalue weighted by molar-refractivity contribution is 5.96. The Balaban J connectivity index is 1.62.